The molecule has 1 amide bonds. The Bertz CT molecular complexity index is 1180. The molecule has 0 aliphatic rings. The molecule has 0 radical (unpaired) electrons. The number of halogens is 1. The van der Waals surface area contributed by atoms with Crippen LogP contribution in [-0.2, 0) is 21.6 Å². The monoisotopic (exact) mass is 443 g/mol. The molecule has 2 aromatic carbocycles. The Kier molecular flexibility index (Phi) is 6.27. The molecule has 162 valence electrons. The SMILES string of the molecule is Cn1ncc(/C=C/C(=O)Nc2ccc(C(C)(C)P(=O)(O)O)cc2)c1-c1cccc(F)c1. The van der Waals surface area contributed by atoms with Crippen LogP contribution in [0.5, 0.6) is 0 Å². The lowest BCUT2D eigenvalue weighted by atomic mass is 10.0. The summed E-state index contributed by atoms with van der Waals surface area (Å²) in [6, 6.07) is 12.4. The number of hydrogen-bond acceptors (Lipinski definition) is 3. The van der Waals surface area contributed by atoms with E-state index in [1.165, 1.54) is 32.1 Å². The van der Waals surface area contributed by atoms with E-state index in [2.05, 4.69) is 10.4 Å². The van der Waals surface area contributed by atoms with Crippen molar-refractivity contribution in [3.05, 3.63) is 77.7 Å². The first-order chi connectivity index (χ1) is 14.5. The molecular weight excluding hydrogens is 420 g/mol. The normalized spacial score (nSPS) is 12.3. The summed E-state index contributed by atoms with van der Waals surface area (Å²) in [4.78, 5) is 31.4. The fraction of sp³-hybridized carbons (Fsp3) is 0.182. The lowest BCUT2D eigenvalue weighted by Gasteiger charge is -2.26. The molecule has 3 N–H and O–H groups in total. The van der Waals surface area contributed by atoms with Crippen LogP contribution in [0.1, 0.15) is 25.0 Å². The van der Waals surface area contributed by atoms with Gasteiger partial charge in [0.25, 0.3) is 0 Å². The van der Waals surface area contributed by atoms with Crippen LogP contribution in [0.15, 0.2) is 60.8 Å². The minimum absolute atomic E-state index is 0.364. The molecule has 7 nitrogen and oxygen atoms in total. The Labute approximate surface area is 179 Å². The average molecular weight is 443 g/mol. The topological polar surface area (TPSA) is 104 Å². The number of hydrogen-bond donors (Lipinski definition) is 3. The Morgan fingerprint density at radius 1 is 1.19 bits per heavy atom. The van der Waals surface area contributed by atoms with Crippen molar-refractivity contribution >= 4 is 25.3 Å². The maximum absolute atomic E-state index is 13.6. The lowest BCUT2D eigenvalue weighted by molar-refractivity contribution is -0.111. The third kappa shape index (κ3) is 4.99. The second-order valence-corrected chi connectivity index (χ2v) is 9.79. The zero-order valence-corrected chi connectivity index (χ0v) is 18.2. The highest BCUT2D eigenvalue weighted by Crippen LogP contribution is 2.56. The smallest absolute Gasteiger partial charge is 0.324 e. The average Bonchev–Trinajstić information content (AvgIpc) is 3.06. The van der Waals surface area contributed by atoms with E-state index in [1.807, 2.05) is 0 Å². The van der Waals surface area contributed by atoms with E-state index >= 15 is 0 Å². The first-order valence-electron chi connectivity index (χ1n) is 9.42. The molecule has 31 heavy (non-hydrogen) atoms. The van der Waals surface area contributed by atoms with Gasteiger partial charge in [0, 0.05) is 29.9 Å². The van der Waals surface area contributed by atoms with Gasteiger partial charge in [-0.05, 0) is 49.8 Å². The van der Waals surface area contributed by atoms with Crippen LogP contribution in [0, 0.1) is 5.82 Å². The maximum Gasteiger partial charge on any atom is 0.335 e. The molecule has 0 spiro atoms. The summed E-state index contributed by atoms with van der Waals surface area (Å²) in [5.41, 5.74) is 2.92. The third-order valence-electron chi connectivity index (χ3n) is 5.07. The number of nitrogens with one attached hydrogen (secondary N) is 1. The van der Waals surface area contributed by atoms with E-state index in [-0.39, 0.29) is 5.82 Å². The quantitative estimate of drug-likeness (QED) is 0.389. The maximum atomic E-state index is 13.6. The zero-order valence-electron chi connectivity index (χ0n) is 17.3. The number of aromatic nitrogens is 2. The van der Waals surface area contributed by atoms with Gasteiger partial charge in [-0.2, -0.15) is 5.10 Å². The van der Waals surface area contributed by atoms with Gasteiger partial charge < -0.3 is 15.1 Å². The number of benzene rings is 2. The predicted octanol–water partition coefficient (Wildman–Crippen LogP) is 4.29. The van der Waals surface area contributed by atoms with Crippen molar-refractivity contribution in [1.82, 2.24) is 9.78 Å². The highest BCUT2D eigenvalue weighted by molar-refractivity contribution is 7.53. The first kappa shape index (κ1) is 22.6. The standard InChI is InChI=1S/C22H23FN3O4P/c1-22(2,31(28,29)30)17-8-10-19(11-9-17)25-20(27)12-7-16-14-24-26(3)21(16)15-5-4-6-18(23)13-15/h4-14H,1-3H3,(H,25,27)(H2,28,29,30)/b12-7+. The van der Waals surface area contributed by atoms with Gasteiger partial charge in [-0.1, -0.05) is 24.3 Å². The van der Waals surface area contributed by atoms with Gasteiger partial charge >= 0.3 is 7.60 Å². The van der Waals surface area contributed by atoms with E-state index < -0.39 is 18.7 Å². The third-order valence-corrected chi connectivity index (χ3v) is 6.78. The van der Waals surface area contributed by atoms with Gasteiger partial charge in [0.2, 0.25) is 5.91 Å². The number of amides is 1. The summed E-state index contributed by atoms with van der Waals surface area (Å²) in [5, 5.41) is 5.55. The van der Waals surface area contributed by atoms with Gasteiger partial charge in [0.1, 0.15) is 5.82 Å². The summed E-state index contributed by atoms with van der Waals surface area (Å²) >= 11 is 0. The molecule has 0 saturated carbocycles. The Hall–Kier alpha value is -3.06. The largest absolute Gasteiger partial charge is 0.335 e. The van der Waals surface area contributed by atoms with Crippen molar-refractivity contribution in [2.24, 2.45) is 7.05 Å². The van der Waals surface area contributed by atoms with E-state index in [9.17, 15) is 23.5 Å². The van der Waals surface area contributed by atoms with Crippen LogP contribution in [0.3, 0.4) is 0 Å². The highest BCUT2D eigenvalue weighted by atomic mass is 31.2. The molecular formula is C22H23FN3O4P. The molecule has 3 aromatic rings. The van der Waals surface area contributed by atoms with E-state index in [0.717, 1.165) is 0 Å². The van der Waals surface area contributed by atoms with Crippen molar-refractivity contribution in [2.75, 3.05) is 5.32 Å². The van der Waals surface area contributed by atoms with Crippen molar-refractivity contribution in [3.8, 4) is 11.3 Å². The van der Waals surface area contributed by atoms with Gasteiger partial charge in [-0.25, -0.2) is 4.39 Å². The van der Waals surface area contributed by atoms with Crippen LogP contribution < -0.4 is 5.32 Å². The molecule has 1 aromatic heterocycles. The zero-order chi connectivity index (χ0) is 22.8. The fourth-order valence-corrected chi connectivity index (χ4v) is 3.53. The van der Waals surface area contributed by atoms with Crippen LogP contribution in [0.2, 0.25) is 0 Å². The molecule has 0 aliphatic heterocycles. The summed E-state index contributed by atoms with van der Waals surface area (Å²) in [6.07, 6.45) is 4.52. The first-order valence-corrected chi connectivity index (χ1v) is 11.0. The summed E-state index contributed by atoms with van der Waals surface area (Å²) < 4.78 is 26.9. The molecule has 0 fully saturated rings. The Morgan fingerprint density at radius 3 is 2.48 bits per heavy atom. The Morgan fingerprint density at radius 2 is 1.87 bits per heavy atom. The second kappa shape index (κ2) is 8.59. The van der Waals surface area contributed by atoms with Crippen LogP contribution in [0.25, 0.3) is 17.3 Å². The van der Waals surface area contributed by atoms with Crippen LogP contribution in [0.4, 0.5) is 10.1 Å². The molecule has 0 bridgehead atoms. The number of aryl methyl sites for hydroxylation is 1. The van der Waals surface area contributed by atoms with E-state index in [0.29, 0.717) is 28.1 Å². The van der Waals surface area contributed by atoms with Crippen molar-refractivity contribution in [3.63, 3.8) is 0 Å². The number of nitrogens with zero attached hydrogens (tertiary/aromatic N) is 2. The van der Waals surface area contributed by atoms with E-state index in [1.54, 1.807) is 60.4 Å². The predicted molar refractivity (Wildman–Crippen MR) is 118 cm³/mol. The van der Waals surface area contributed by atoms with Gasteiger partial charge in [-0.15, -0.1) is 0 Å². The number of anilines is 1. The highest BCUT2D eigenvalue weighted by Gasteiger charge is 2.39. The van der Waals surface area contributed by atoms with Gasteiger partial charge in [0.15, 0.2) is 0 Å². The van der Waals surface area contributed by atoms with Crippen molar-refractivity contribution < 1.29 is 23.5 Å². The molecule has 0 atom stereocenters. The second-order valence-electron chi connectivity index (χ2n) is 7.59. The lowest BCUT2D eigenvalue weighted by Crippen LogP contribution is -2.17. The van der Waals surface area contributed by atoms with Crippen LogP contribution >= 0.6 is 7.60 Å². The summed E-state index contributed by atoms with van der Waals surface area (Å²) in [5.74, 6) is -0.757. The molecule has 9 heteroatoms. The van der Waals surface area contributed by atoms with Gasteiger partial charge in [0.05, 0.1) is 17.0 Å². The molecule has 0 unspecified atom stereocenters. The molecule has 3 rings (SSSR count). The summed E-state index contributed by atoms with van der Waals surface area (Å²) in [7, 11) is -2.60. The van der Waals surface area contributed by atoms with Gasteiger partial charge in [-0.3, -0.25) is 14.0 Å². The van der Waals surface area contributed by atoms with Crippen molar-refractivity contribution in [2.45, 2.75) is 19.0 Å². The number of carbonyl (C=O) groups is 1. The summed E-state index contributed by atoms with van der Waals surface area (Å²) in [6.45, 7) is 2.93. The van der Waals surface area contributed by atoms with Crippen molar-refractivity contribution in [1.29, 1.82) is 0 Å². The molecule has 0 aliphatic carbocycles. The fourth-order valence-electron chi connectivity index (χ4n) is 3.04. The minimum Gasteiger partial charge on any atom is -0.324 e. The molecule has 0 saturated heterocycles. The minimum atomic E-state index is -4.34. The number of carbonyl (C=O) groups excluding carboxylic acids is 1. The number of rotatable bonds is 6. The molecule has 1 heterocycles. The Balaban J connectivity index is 1.75. The van der Waals surface area contributed by atoms with E-state index in [4.69, 9.17) is 0 Å². The van der Waals surface area contributed by atoms with Crippen LogP contribution in [-0.4, -0.2) is 25.5 Å².